The first-order valence-corrected chi connectivity index (χ1v) is 5.75. The van der Waals surface area contributed by atoms with E-state index in [1.54, 1.807) is 7.11 Å². The average Bonchev–Trinajstić information content (AvgIpc) is 2.75. The van der Waals surface area contributed by atoms with E-state index in [0.717, 1.165) is 43.9 Å². The summed E-state index contributed by atoms with van der Waals surface area (Å²) in [5.41, 5.74) is 2.22. The first kappa shape index (κ1) is 11.4. The molecule has 5 heteroatoms. The van der Waals surface area contributed by atoms with Crippen molar-refractivity contribution in [3.63, 3.8) is 0 Å². The Labute approximate surface area is 95.5 Å². The topological polar surface area (TPSA) is 59.2 Å². The third-order valence-electron chi connectivity index (χ3n) is 2.86. The van der Waals surface area contributed by atoms with Crippen LogP contribution in [0.2, 0.25) is 0 Å². The molecule has 5 nitrogen and oxygen atoms in total. The van der Waals surface area contributed by atoms with Gasteiger partial charge in [-0.3, -0.25) is 5.10 Å². The zero-order valence-electron chi connectivity index (χ0n) is 9.66. The van der Waals surface area contributed by atoms with Gasteiger partial charge >= 0.3 is 0 Å². The predicted molar refractivity (Wildman–Crippen MR) is 61.6 cm³/mol. The molecule has 2 rings (SSSR count). The van der Waals surface area contributed by atoms with E-state index in [2.05, 4.69) is 15.5 Å². The molecule has 1 aliphatic rings. The van der Waals surface area contributed by atoms with E-state index in [-0.39, 0.29) is 0 Å². The van der Waals surface area contributed by atoms with E-state index in [1.807, 2.05) is 6.20 Å². The van der Waals surface area contributed by atoms with Crippen LogP contribution in [0, 0.1) is 0 Å². The molecule has 0 bridgehead atoms. The first-order valence-electron chi connectivity index (χ1n) is 5.75. The van der Waals surface area contributed by atoms with E-state index in [9.17, 15) is 0 Å². The number of nitrogens with one attached hydrogen (secondary N) is 2. The van der Waals surface area contributed by atoms with Crippen LogP contribution in [0.1, 0.15) is 18.5 Å². The number of methoxy groups -OCH3 is 1. The highest BCUT2D eigenvalue weighted by molar-refractivity contribution is 5.46. The van der Waals surface area contributed by atoms with Gasteiger partial charge in [-0.05, 0) is 12.8 Å². The van der Waals surface area contributed by atoms with Crippen molar-refractivity contribution < 1.29 is 9.47 Å². The van der Waals surface area contributed by atoms with Crippen LogP contribution >= 0.6 is 0 Å². The Kier molecular flexibility index (Phi) is 4.18. The van der Waals surface area contributed by atoms with Gasteiger partial charge < -0.3 is 14.8 Å². The van der Waals surface area contributed by atoms with Crippen LogP contribution in [0.5, 0.6) is 0 Å². The van der Waals surface area contributed by atoms with Gasteiger partial charge in [0, 0.05) is 32.8 Å². The van der Waals surface area contributed by atoms with Crippen molar-refractivity contribution in [3.05, 3.63) is 11.9 Å². The quantitative estimate of drug-likeness (QED) is 0.790. The molecule has 1 saturated heterocycles. The minimum atomic E-state index is 0.507. The molecule has 0 radical (unpaired) electrons. The SMILES string of the molecule is COCCc1[nH]ncc1NC1CCOCC1. The number of aromatic nitrogens is 2. The zero-order valence-corrected chi connectivity index (χ0v) is 9.66. The van der Waals surface area contributed by atoms with Crippen LogP contribution in [-0.4, -0.2) is 43.2 Å². The summed E-state index contributed by atoms with van der Waals surface area (Å²) >= 11 is 0. The molecule has 1 aromatic heterocycles. The van der Waals surface area contributed by atoms with Gasteiger partial charge in [0.05, 0.1) is 24.2 Å². The van der Waals surface area contributed by atoms with E-state index in [1.165, 1.54) is 0 Å². The van der Waals surface area contributed by atoms with Gasteiger partial charge in [0.15, 0.2) is 0 Å². The van der Waals surface area contributed by atoms with Crippen LogP contribution < -0.4 is 5.32 Å². The minimum Gasteiger partial charge on any atom is -0.384 e. The molecule has 0 amide bonds. The molecule has 16 heavy (non-hydrogen) atoms. The van der Waals surface area contributed by atoms with E-state index >= 15 is 0 Å². The lowest BCUT2D eigenvalue weighted by Crippen LogP contribution is -2.28. The van der Waals surface area contributed by atoms with Gasteiger partial charge in [-0.25, -0.2) is 0 Å². The summed E-state index contributed by atoms with van der Waals surface area (Å²) in [6.07, 6.45) is 4.84. The molecule has 0 saturated carbocycles. The number of aromatic amines is 1. The molecular formula is C11H19N3O2. The van der Waals surface area contributed by atoms with Crippen molar-refractivity contribution in [2.75, 3.05) is 32.2 Å². The molecule has 2 heterocycles. The molecule has 1 aromatic rings. The summed E-state index contributed by atoms with van der Waals surface area (Å²) in [6.45, 7) is 2.41. The second-order valence-corrected chi connectivity index (χ2v) is 4.04. The maximum atomic E-state index is 5.33. The second kappa shape index (κ2) is 5.86. The standard InChI is InChI=1S/C11H19N3O2/c1-15-5-4-10-11(8-12-14-10)13-9-2-6-16-7-3-9/h8-9,13H,2-7H2,1H3,(H,12,14). The van der Waals surface area contributed by atoms with Crippen molar-refractivity contribution in [3.8, 4) is 0 Å². The largest absolute Gasteiger partial charge is 0.384 e. The van der Waals surface area contributed by atoms with Gasteiger partial charge in [-0.2, -0.15) is 5.10 Å². The predicted octanol–water partition coefficient (Wildman–Crippen LogP) is 1.19. The average molecular weight is 225 g/mol. The fourth-order valence-corrected chi connectivity index (χ4v) is 1.89. The Bertz CT molecular complexity index is 308. The van der Waals surface area contributed by atoms with Crippen LogP contribution in [0.3, 0.4) is 0 Å². The summed E-state index contributed by atoms with van der Waals surface area (Å²) in [5, 5.41) is 10.6. The fraction of sp³-hybridized carbons (Fsp3) is 0.727. The number of hydrogen-bond donors (Lipinski definition) is 2. The third kappa shape index (κ3) is 2.96. The van der Waals surface area contributed by atoms with Gasteiger partial charge in [-0.1, -0.05) is 0 Å². The Hall–Kier alpha value is -1.07. The van der Waals surface area contributed by atoms with Crippen LogP contribution in [0.4, 0.5) is 5.69 Å². The summed E-state index contributed by atoms with van der Waals surface area (Å²) in [6, 6.07) is 0.507. The van der Waals surface area contributed by atoms with Crippen molar-refractivity contribution in [1.82, 2.24) is 10.2 Å². The lowest BCUT2D eigenvalue weighted by Gasteiger charge is -2.23. The number of rotatable bonds is 5. The Morgan fingerprint density at radius 3 is 3.12 bits per heavy atom. The molecule has 90 valence electrons. The Balaban J connectivity index is 1.89. The molecule has 0 atom stereocenters. The monoisotopic (exact) mass is 225 g/mol. The van der Waals surface area contributed by atoms with Crippen molar-refractivity contribution in [2.24, 2.45) is 0 Å². The Morgan fingerprint density at radius 1 is 1.56 bits per heavy atom. The molecule has 0 aliphatic carbocycles. The van der Waals surface area contributed by atoms with Crippen LogP contribution in [-0.2, 0) is 15.9 Å². The molecule has 0 spiro atoms. The third-order valence-corrected chi connectivity index (χ3v) is 2.86. The Morgan fingerprint density at radius 2 is 2.38 bits per heavy atom. The molecular weight excluding hydrogens is 206 g/mol. The number of hydrogen-bond acceptors (Lipinski definition) is 4. The summed E-state index contributed by atoms with van der Waals surface area (Å²) in [7, 11) is 1.71. The molecule has 0 unspecified atom stereocenters. The minimum absolute atomic E-state index is 0.507. The van der Waals surface area contributed by atoms with Crippen LogP contribution in [0.25, 0.3) is 0 Å². The summed E-state index contributed by atoms with van der Waals surface area (Å²) in [4.78, 5) is 0. The highest BCUT2D eigenvalue weighted by Gasteiger charge is 2.15. The van der Waals surface area contributed by atoms with Gasteiger partial charge in [0.1, 0.15) is 0 Å². The number of anilines is 1. The fourth-order valence-electron chi connectivity index (χ4n) is 1.89. The van der Waals surface area contributed by atoms with E-state index in [4.69, 9.17) is 9.47 Å². The zero-order chi connectivity index (χ0) is 11.2. The maximum absolute atomic E-state index is 5.33. The summed E-state index contributed by atoms with van der Waals surface area (Å²) < 4.78 is 10.4. The van der Waals surface area contributed by atoms with Gasteiger partial charge in [0.2, 0.25) is 0 Å². The number of H-pyrrole nitrogens is 1. The van der Waals surface area contributed by atoms with Gasteiger partial charge in [0.25, 0.3) is 0 Å². The molecule has 1 fully saturated rings. The molecule has 0 aromatic carbocycles. The highest BCUT2D eigenvalue weighted by atomic mass is 16.5. The summed E-state index contributed by atoms with van der Waals surface area (Å²) in [5.74, 6) is 0. The first-order chi connectivity index (χ1) is 7.90. The maximum Gasteiger partial charge on any atom is 0.0759 e. The van der Waals surface area contributed by atoms with Crippen molar-refractivity contribution in [1.29, 1.82) is 0 Å². The lowest BCUT2D eigenvalue weighted by atomic mass is 10.1. The number of ether oxygens (including phenoxy) is 2. The lowest BCUT2D eigenvalue weighted by molar-refractivity contribution is 0.0904. The smallest absolute Gasteiger partial charge is 0.0759 e. The molecule has 1 aliphatic heterocycles. The van der Waals surface area contributed by atoms with E-state index < -0.39 is 0 Å². The normalized spacial score (nSPS) is 17.6. The van der Waals surface area contributed by atoms with Crippen LogP contribution in [0.15, 0.2) is 6.20 Å². The second-order valence-electron chi connectivity index (χ2n) is 4.04. The van der Waals surface area contributed by atoms with Crippen molar-refractivity contribution >= 4 is 5.69 Å². The van der Waals surface area contributed by atoms with E-state index in [0.29, 0.717) is 12.6 Å². The van der Waals surface area contributed by atoms with Crippen molar-refractivity contribution in [2.45, 2.75) is 25.3 Å². The molecule has 2 N–H and O–H groups in total. The number of nitrogens with zero attached hydrogens (tertiary/aromatic N) is 1. The highest BCUT2D eigenvalue weighted by Crippen LogP contribution is 2.17. The van der Waals surface area contributed by atoms with Gasteiger partial charge in [-0.15, -0.1) is 0 Å².